The molecule has 0 heterocycles. The van der Waals surface area contributed by atoms with Gasteiger partial charge in [0.1, 0.15) is 0 Å². The third kappa shape index (κ3) is 4.19. The van der Waals surface area contributed by atoms with Crippen LogP contribution in [0.5, 0.6) is 0 Å². The van der Waals surface area contributed by atoms with Crippen molar-refractivity contribution in [3.05, 3.63) is 23.9 Å². The molecule has 0 aromatic rings. The Hall–Kier alpha value is -0.760. The minimum absolute atomic E-state index is 0.353. The molecule has 0 amide bonds. The van der Waals surface area contributed by atoms with Gasteiger partial charge in [-0.05, 0) is 37.3 Å². The summed E-state index contributed by atoms with van der Waals surface area (Å²) in [7, 11) is 2.01. The molecule has 3 unspecified atom stereocenters. The molecule has 0 radical (unpaired) electrons. The first-order valence-corrected chi connectivity index (χ1v) is 6.90. The van der Waals surface area contributed by atoms with E-state index in [9.17, 15) is 0 Å². The van der Waals surface area contributed by atoms with E-state index in [1.807, 2.05) is 7.05 Å². The first-order valence-electron chi connectivity index (χ1n) is 6.90. The van der Waals surface area contributed by atoms with Gasteiger partial charge in [-0.15, -0.1) is 0 Å². The van der Waals surface area contributed by atoms with Gasteiger partial charge in [-0.1, -0.05) is 46.3 Å². The van der Waals surface area contributed by atoms with Crippen LogP contribution in [-0.2, 0) is 0 Å². The molecule has 1 rings (SSSR count). The van der Waals surface area contributed by atoms with E-state index in [2.05, 4.69) is 56.6 Å². The SMILES string of the molecule is CCC(C)C1C=CC(NC(NC)C(C)C)=CC1. The van der Waals surface area contributed by atoms with Crippen molar-refractivity contribution in [3.8, 4) is 0 Å². The molecule has 0 bridgehead atoms. The lowest BCUT2D eigenvalue weighted by atomic mass is 9.86. The third-order valence-electron chi connectivity index (χ3n) is 3.81. The monoisotopic (exact) mass is 236 g/mol. The Kier molecular flexibility index (Phi) is 5.76. The summed E-state index contributed by atoms with van der Waals surface area (Å²) in [4.78, 5) is 0. The minimum atomic E-state index is 0.353. The molecule has 0 aliphatic heterocycles. The first-order chi connectivity index (χ1) is 8.08. The fourth-order valence-corrected chi connectivity index (χ4v) is 2.22. The van der Waals surface area contributed by atoms with Gasteiger partial charge in [-0.25, -0.2) is 0 Å². The van der Waals surface area contributed by atoms with Crippen LogP contribution in [0.25, 0.3) is 0 Å². The molecule has 2 nitrogen and oxygen atoms in total. The first kappa shape index (κ1) is 14.3. The molecular weight excluding hydrogens is 208 g/mol. The van der Waals surface area contributed by atoms with Crippen LogP contribution in [0.4, 0.5) is 0 Å². The maximum Gasteiger partial charge on any atom is 0.0789 e. The second-order valence-corrected chi connectivity index (χ2v) is 5.46. The van der Waals surface area contributed by atoms with Gasteiger partial charge in [0.05, 0.1) is 6.17 Å². The lowest BCUT2D eigenvalue weighted by Crippen LogP contribution is -2.43. The average molecular weight is 236 g/mol. The molecule has 3 atom stereocenters. The van der Waals surface area contributed by atoms with Crippen LogP contribution in [0.1, 0.15) is 40.5 Å². The molecule has 0 aromatic heterocycles. The van der Waals surface area contributed by atoms with Crippen molar-refractivity contribution in [2.45, 2.75) is 46.7 Å². The summed E-state index contributed by atoms with van der Waals surface area (Å²) in [6, 6.07) is 0. The quantitative estimate of drug-likeness (QED) is 0.692. The highest BCUT2D eigenvalue weighted by atomic mass is 15.1. The van der Waals surface area contributed by atoms with Crippen LogP contribution in [0, 0.1) is 17.8 Å². The van der Waals surface area contributed by atoms with Gasteiger partial charge in [0.25, 0.3) is 0 Å². The second-order valence-electron chi connectivity index (χ2n) is 5.46. The molecule has 0 saturated heterocycles. The molecule has 2 heteroatoms. The second kappa shape index (κ2) is 6.85. The number of rotatable bonds is 6. The Morgan fingerprint density at radius 2 is 2.06 bits per heavy atom. The summed E-state index contributed by atoms with van der Waals surface area (Å²) in [5, 5.41) is 6.85. The van der Waals surface area contributed by atoms with Gasteiger partial charge in [0, 0.05) is 5.70 Å². The molecule has 17 heavy (non-hydrogen) atoms. The molecule has 0 fully saturated rings. The highest BCUT2D eigenvalue weighted by molar-refractivity contribution is 5.23. The number of nitrogens with one attached hydrogen (secondary N) is 2. The Balaban J connectivity index is 2.49. The average Bonchev–Trinajstić information content (AvgIpc) is 2.35. The van der Waals surface area contributed by atoms with Gasteiger partial charge in [0.2, 0.25) is 0 Å². The maximum absolute atomic E-state index is 3.55. The summed E-state index contributed by atoms with van der Waals surface area (Å²) < 4.78 is 0. The highest BCUT2D eigenvalue weighted by Gasteiger charge is 2.16. The predicted molar refractivity (Wildman–Crippen MR) is 75.6 cm³/mol. The fraction of sp³-hybridized carbons (Fsp3) is 0.733. The van der Waals surface area contributed by atoms with Crippen molar-refractivity contribution in [1.29, 1.82) is 0 Å². The molecule has 98 valence electrons. The Morgan fingerprint density at radius 1 is 1.35 bits per heavy atom. The lowest BCUT2D eigenvalue weighted by molar-refractivity contribution is 0.378. The topological polar surface area (TPSA) is 24.1 Å². The Labute approximate surface area is 107 Å². The van der Waals surface area contributed by atoms with Crippen molar-refractivity contribution >= 4 is 0 Å². The molecule has 1 aliphatic rings. The summed E-state index contributed by atoms with van der Waals surface area (Å²) >= 11 is 0. The maximum atomic E-state index is 3.55. The fourth-order valence-electron chi connectivity index (χ4n) is 2.22. The third-order valence-corrected chi connectivity index (χ3v) is 3.81. The standard InChI is InChI=1S/C15H28N2/c1-6-12(4)13-7-9-14(10-8-13)17-15(16-5)11(2)3/h7,9-13,15-17H,6,8H2,1-5H3. The van der Waals surface area contributed by atoms with Gasteiger partial charge >= 0.3 is 0 Å². The van der Waals surface area contributed by atoms with E-state index in [1.54, 1.807) is 0 Å². The molecule has 1 aliphatic carbocycles. The van der Waals surface area contributed by atoms with E-state index in [1.165, 1.54) is 18.5 Å². The lowest BCUT2D eigenvalue weighted by Gasteiger charge is -2.27. The summed E-state index contributed by atoms with van der Waals surface area (Å²) in [6.45, 7) is 9.06. The van der Waals surface area contributed by atoms with Crippen molar-refractivity contribution < 1.29 is 0 Å². The van der Waals surface area contributed by atoms with Crippen molar-refractivity contribution in [2.24, 2.45) is 17.8 Å². The molecule has 0 aromatic carbocycles. The van der Waals surface area contributed by atoms with Gasteiger partial charge < -0.3 is 10.6 Å². The smallest absolute Gasteiger partial charge is 0.0789 e. The van der Waals surface area contributed by atoms with Crippen LogP contribution >= 0.6 is 0 Å². The van der Waals surface area contributed by atoms with Crippen molar-refractivity contribution in [1.82, 2.24) is 10.6 Å². The zero-order chi connectivity index (χ0) is 12.8. The van der Waals surface area contributed by atoms with Crippen LogP contribution < -0.4 is 10.6 Å². The van der Waals surface area contributed by atoms with E-state index in [0.29, 0.717) is 12.1 Å². The van der Waals surface area contributed by atoms with E-state index in [-0.39, 0.29) is 0 Å². The minimum Gasteiger partial charge on any atom is -0.370 e. The number of hydrogen-bond donors (Lipinski definition) is 2. The molecule has 2 N–H and O–H groups in total. The number of hydrogen-bond acceptors (Lipinski definition) is 2. The van der Waals surface area contributed by atoms with Crippen LogP contribution in [-0.4, -0.2) is 13.2 Å². The zero-order valence-electron chi connectivity index (χ0n) is 12.0. The van der Waals surface area contributed by atoms with Crippen LogP contribution in [0.3, 0.4) is 0 Å². The van der Waals surface area contributed by atoms with Gasteiger partial charge in [0.15, 0.2) is 0 Å². The van der Waals surface area contributed by atoms with Gasteiger partial charge in [-0.3, -0.25) is 0 Å². The largest absolute Gasteiger partial charge is 0.370 e. The highest BCUT2D eigenvalue weighted by Crippen LogP contribution is 2.25. The normalized spacial score (nSPS) is 23.4. The van der Waals surface area contributed by atoms with Crippen LogP contribution in [0.15, 0.2) is 23.9 Å². The number of allylic oxidation sites excluding steroid dienone is 3. The van der Waals surface area contributed by atoms with E-state index < -0.39 is 0 Å². The van der Waals surface area contributed by atoms with E-state index >= 15 is 0 Å². The van der Waals surface area contributed by atoms with E-state index in [0.717, 1.165) is 11.8 Å². The molecule has 0 spiro atoms. The van der Waals surface area contributed by atoms with Gasteiger partial charge in [-0.2, -0.15) is 0 Å². The van der Waals surface area contributed by atoms with Crippen LogP contribution in [0.2, 0.25) is 0 Å². The van der Waals surface area contributed by atoms with Crippen molar-refractivity contribution in [3.63, 3.8) is 0 Å². The van der Waals surface area contributed by atoms with Crippen molar-refractivity contribution in [2.75, 3.05) is 7.05 Å². The Bertz CT molecular complexity index is 279. The molecule has 0 saturated carbocycles. The van der Waals surface area contributed by atoms with E-state index in [4.69, 9.17) is 0 Å². The molecular formula is C15H28N2. The predicted octanol–water partition coefficient (Wildman–Crippen LogP) is 3.28. The Morgan fingerprint density at radius 3 is 2.47 bits per heavy atom. The zero-order valence-corrected chi connectivity index (χ0v) is 12.0. The summed E-state index contributed by atoms with van der Waals surface area (Å²) in [6.07, 6.45) is 9.73. The summed E-state index contributed by atoms with van der Waals surface area (Å²) in [5.74, 6) is 2.09. The summed E-state index contributed by atoms with van der Waals surface area (Å²) in [5.41, 5.74) is 1.26.